The van der Waals surface area contributed by atoms with Gasteiger partial charge < -0.3 is 9.47 Å². The van der Waals surface area contributed by atoms with Gasteiger partial charge in [-0.1, -0.05) is 30.0 Å². The number of carbonyl (C=O) groups is 2. The van der Waals surface area contributed by atoms with Gasteiger partial charge in [-0.15, -0.1) is 0 Å². The molecule has 0 aliphatic carbocycles. The average molecular weight is 382 g/mol. The molecular formula is C15H14N2O6S2. The molecule has 0 spiro atoms. The summed E-state index contributed by atoms with van der Waals surface area (Å²) in [5.41, 5.74) is 0.230. The highest BCUT2D eigenvalue weighted by Gasteiger charge is 2.38. The Balaban J connectivity index is 2.35. The average Bonchev–Trinajstić information content (AvgIpc) is 2.86. The van der Waals surface area contributed by atoms with Crippen molar-refractivity contribution in [1.82, 2.24) is 4.90 Å². The lowest BCUT2D eigenvalue weighted by molar-refractivity contribution is -0.385. The highest BCUT2D eigenvalue weighted by atomic mass is 32.2. The van der Waals surface area contributed by atoms with Crippen LogP contribution < -0.4 is 4.74 Å². The minimum Gasteiger partial charge on any atom is -0.490 e. The van der Waals surface area contributed by atoms with Gasteiger partial charge >= 0.3 is 11.7 Å². The van der Waals surface area contributed by atoms with E-state index in [0.717, 1.165) is 16.7 Å². The van der Waals surface area contributed by atoms with E-state index in [1.165, 1.54) is 39.4 Å². The second-order valence-electron chi connectivity index (χ2n) is 4.94. The maximum atomic E-state index is 12.5. The lowest BCUT2D eigenvalue weighted by atomic mass is 10.1. The first-order chi connectivity index (χ1) is 11.8. The molecule has 2 rings (SSSR count). The number of esters is 1. The minimum absolute atomic E-state index is 0.119. The summed E-state index contributed by atoms with van der Waals surface area (Å²) in [6.07, 6.45) is 1.48. The van der Waals surface area contributed by atoms with Crippen molar-refractivity contribution < 1.29 is 24.0 Å². The van der Waals surface area contributed by atoms with Crippen molar-refractivity contribution in [3.8, 4) is 5.75 Å². The number of amides is 1. The number of nitro groups is 1. The van der Waals surface area contributed by atoms with Gasteiger partial charge in [-0.3, -0.25) is 19.8 Å². The predicted octanol–water partition coefficient (Wildman–Crippen LogP) is 2.37. The van der Waals surface area contributed by atoms with Crippen LogP contribution in [-0.4, -0.2) is 46.3 Å². The Morgan fingerprint density at radius 3 is 2.68 bits per heavy atom. The van der Waals surface area contributed by atoms with Crippen LogP contribution in [0.1, 0.15) is 12.5 Å². The Morgan fingerprint density at radius 2 is 2.12 bits per heavy atom. The Hall–Kier alpha value is -2.46. The van der Waals surface area contributed by atoms with Crippen LogP contribution in [0.4, 0.5) is 5.69 Å². The number of thioether (sulfide) groups is 1. The van der Waals surface area contributed by atoms with Crippen molar-refractivity contribution in [1.29, 1.82) is 0 Å². The fraction of sp³-hybridized carbons (Fsp3) is 0.267. The molecule has 0 aromatic heterocycles. The lowest BCUT2D eigenvalue weighted by Crippen LogP contribution is -2.42. The summed E-state index contributed by atoms with van der Waals surface area (Å²) >= 11 is 6.17. The largest absolute Gasteiger partial charge is 0.490 e. The van der Waals surface area contributed by atoms with Gasteiger partial charge in [0.2, 0.25) is 0 Å². The molecular weight excluding hydrogens is 368 g/mol. The molecule has 0 radical (unpaired) electrons. The monoisotopic (exact) mass is 382 g/mol. The van der Waals surface area contributed by atoms with E-state index in [1.54, 1.807) is 6.07 Å². The van der Waals surface area contributed by atoms with E-state index >= 15 is 0 Å². The van der Waals surface area contributed by atoms with Crippen molar-refractivity contribution in [2.45, 2.75) is 13.0 Å². The Morgan fingerprint density at radius 1 is 1.44 bits per heavy atom. The lowest BCUT2D eigenvalue weighted by Gasteiger charge is -2.20. The number of hydrogen-bond acceptors (Lipinski definition) is 8. The van der Waals surface area contributed by atoms with Gasteiger partial charge in [-0.25, -0.2) is 4.79 Å². The number of carbonyl (C=O) groups excluding carboxylic acids is 2. The van der Waals surface area contributed by atoms with Gasteiger partial charge in [0.1, 0.15) is 10.4 Å². The molecule has 132 valence electrons. The van der Waals surface area contributed by atoms with Gasteiger partial charge in [-0.2, -0.15) is 0 Å². The Bertz CT molecular complexity index is 792. The van der Waals surface area contributed by atoms with E-state index in [-0.39, 0.29) is 20.7 Å². The zero-order valence-corrected chi connectivity index (χ0v) is 15.2. The molecule has 1 aromatic carbocycles. The third kappa shape index (κ3) is 3.80. The number of thiocarbonyl (C=S) groups is 1. The molecule has 1 atom stereocenters. The summed E-state index contributed by atoms with van der Waals surface area (Å²) in [6.45, 7) is 1.51. The van der Waals surface area contributed by atoms with Crippen LogP contribution in [0.3, 0.4) is 0 Å². The zero-order chi connectivity index (χ0) is 18.7. The van der Waals surface area contributed by atoms with E-state index in [4.69, 9.17) is 17.0 Å². The van der Waals surface area contributed by atoms with Crippen LogP contribution in [0.25, 0.3) is 6.08 Å². The number of rotatable bonds is 5. The molecule has 0 N–H and O–H groups in total. The summed E-state index contributed by atoms with van der Waals surface area (Å²) in [6, 6.07) is 3.48. The second kappa shape index (κ2) is 7.62. The first kappa shape index (κ1) is 18.9. The molecule has 1 aliphatic rings. The number of benzene rings is 1. The molecule has 1 saturated heterocycles. The number of hydrogen-bond donors (Lipinski definition) is 0. The fourth-order valence-corrected chi connectivity index (χ4v) is 3.60. The number of nitrogens with zero attached hydrogens (tertiary/aromatic N) is 2. The third-order valence-electron chi connectivity index (χ3n) is 3.45. The standard InChI is InChI=1S/C15H14N2O6S2/c1-8(14(19)23-3)16-13(18)12(25-15(16)24)7-9-4-5-11(22-2)10(6-9)17(20)21/h4-8H,1-3H3/b12-7-/t8-/m1/s1. The second-order valence-corrected chi connectivity index (χ2v) is 6.62. The van der Waals surface area contributed by atoms with Gasteiger partial charge in [-0.05, 0) is 24.6 Å². The van der Waals surface area contributed by atoms with Gasteiger partial charge in [0.15, 0.2) is 5.75 Å². The minimum atomic E-state index is -0.853. The molecule has 1 fully saturated rings. The van der Waals surface area contributed by atoms with Gasteiger partial charge in [0.25, 0.3) is 5.91 Å². The van der Waals surface area contributed by atoms with Crippen molar-refractivity contribution >= 4 is 51.9 Å². The summed E-state index contributed by atoms with van der Waals surface area (Å²) in [7, 11) is 2.56. The van der Waals surface area contributed by atoms with E-state index in [1.807, 2.05) is 0 Å². The first-order valence-corrected chi connectivity index (χ1v) is 8.20. The topological polar surface area (TPSA) is 99.0 Å². The molecule has 0 unspecified atom stereocenters. The molecule has 8 nitrogen and oxygen atoms in total. The summed E-state index contributed by atoms with van der Waals surface area (Å²) in [4.78, 5) is 36.1. The van der Waals surface area contributed by atoms with Gasteiger partial charge in [0, 0.05) is 6.07 Å². The Kier molecular flexibility index (Phi) is 5.75. The zero-order valence-electron chi connectivity index (χ0n) is 13.5. The molecule has 1 aliphatic heterocycles. The third-order valence-corrected chi connectivity index (χ3v) is 4.78. The van der Waals surface area contributed by atoms with Crippen molar-refractivity contribution in [3.05, 3.63) is 38.8 Å². The number of nitro benzene ring substituents is 1. The fourth-order valence-electron chi connectivity index (χ4n) is 2.18. The molecule has 0 bridgehead atoms. The SMILES string of the molecule is COC(=O)[C@@H](C)N1C(=O)/C(=C/c2ccc(OC)c([N+](=O)[O-])c2)SC1=S. The highest BCUT2D eigenvalue weighted by molar-refractivity contribution is 8.26. The normalized spacial score (nSPS) is 16.9. The maximum absolute atomic E-state index is 12.5. The van der Waals surface area contributed by atoms with E-state index in [9.17, 15) is 19.7 Å². The van der Waals surface area contributed by atoms with E-state index in [2.05, 4.69) is 4.74 Å². The predicted molar refractivity (Wildman–Crippen MR) is 96.1 cm³/mol. The van der Waals surface area contributed by atoms with Crippen molar-refractivity contribution in [2.24, 2.45) is 0 Å². The van der Waals surface area contributed by atoms with Crippen LogP contribution in [0.5, 0.6) is 5.75 Å². The van der Waals surface area contributed by atoms with E-state index < -0.39 is 22.8 Å². The number of methoxy groups -OCH3 is 2. The van der Waals surface area contributed by atoms with E-state index in [0.29, 0.717) is 5.56 Å². The van der Waals surface area contributed by atoms with Gasteiger partial charge in [0.05, 0.1) is 24.0 Å². The molecule has 10 heteroatoms. The first-order valence-electron chi connectivity index (χ1n) is 6.97. The van der Waals surface area contributed by atoms with Crippen molar-refractivity contribution in [3.63, 3.8) is 0 Å². The van der Waals surface area contributed by atoms with Crippen molar-refractivity contribution in [2.75, 3.05) is 14.2 Å². The molecule has 1 heterocycles. The summed E-state index contributed by atoms with van der Waals surface area (Å²) in [5.74, 6) is -0.919. The summed E-state index contributed by atoms with van der Waals surface area (Å²) < 4.78 is 9.79. The van der Waals surface area contributed by atoms with Crippen LogP contribution in [-0.2, 0) is 14.3 Å². The van der Waals surface area contributed by atoms with Crippen LogP contribution in [0.2, 0.25) is 0 Å². The maximum Gasteiger partial charge on any atom is 0.328 e. The van der Waals surface area contributed by atoms with Crippen LogP contribution >= 0.6 is 24.0 Å². The quantitative estimate of drug-likeness (QED) is 0.252. The molecule has 1 amide bonds. The number of ether oxygens (including phenoxy) is 2. The van der Waals surface area contributed by atoms with Crippen LogP contribution in [0, 0.1) is 10.1 Å². The molecule has 25 heavy (non-hydrogen) atoms. The molecule has 1 aromatic rings. The Labute approximate surface area is 152 Å². The molecule has 0 saturated carbocycles. The smallest absolute Gasteiger partial charge is 0.328 e. The highest BCUT2D eigenvalue weighted by Crippen LogP contribution is 2.35. The summed E-state index contributed by atoms with van der Waals surface area (Å²) in [5, 5.41) is 11.1. The van der Waals surface area contributed by atoms with Crippen LogP contribution in [0.15, 0.2) is 23.1 Å².